The van der Waals surface area contributed by atoms with Gasteiger partial charge in [-0.05, 0) is 49.1 Å². The lowest BCUT2D eigenvalue weighted by Crippen LogP contribution is -2.27. The van der Waals surface area contributed by atoms with Crippen LogP contribution in [0.5, 0.6) is 0 Å². The van der Waals surface area contributed by atoms with E-state index >= 15 is 0 Å². The van der Waals surface area contributed by atoms with Crippen LogP contribution in [-0.2, 0) is 10.0 Å². The van der Waals surface area contributed by atoms with E-state index in [1.165, 1.54) is 4.31 Å². The monoisotopic (exact) mass is 307 g/mol. The van der Waals surface area contributed by atoms with Crippen molar-refractivity contribution in [2.24, 2.45) is 0 Å². The fourth-order valence-electron chi connectivity index (χ4n) is 1.95. The number of benzene rings is 2. The molecule has 0 aromatic heterocycles. The van der Waals surface area contributed by atoms with Crippen LogP contribution in [0.15, 0.2) is 58.3 Å². The van der Waals surface area contributed by atoms with Crippen molar-refractivity contribution >= 4 is 27.5 Å². The van der Waals surface area contributed by atoms with Crippen LogP contribution in [0.4, 0.5) is 5.69 Å². The van der Waals surface area contributed by atoms with Crippen LogP contribution in [0.1, 0.15) is 5.56 Å². The van der Waals surface area contributed by atoms with E-state index in [1.807, 2.05) is 49.6 Å². The number of aryl methyl sites for hydroxylation is 1. The molecule has 0 saturated carbocycles. The molecule has 106 valence electrons. The molecule has 0 atom stereocenters. The molecule has 0 saturated heterocycles. The van der Waals surface area contributed by atoms with Crippen LogP contribution in [0.3, 0.4) is 0 Å². The predicted molar refractivity (Wildman–Crippen MR) is 85.0 cm³/mol. The fraction of sp³-hybridized carbons (Fsp3) is 0.200. The van der Waals surface area contributed by atoms with Crippen LogP contribution >= 0.6 is 11.8 Å². The summed E-state index contributed by atoms with van der Waals surface area (Å²) in [5, 5.41) is 0. The summed E-state index contributed by atoms with van der Waals surface area (Å²) in [6, 6.07) is 14.4. The Bertz CT molecular complexity index is 694. The van der Waals surface area contributed by atoms with Crippen molar-refractivity contribution in [3.05, 3.63) is 54.1 Å². The van der Waals surface area contributed by atoms with Gasteiger partial charge in [0.2, 0.25) is 0 Å². The molecule has 20 heavy (non-hydrogen) atoms. The van der Waals surface area contributed by atoms with Crippen LogP contribution in [0.2, 0.25) is 0 Å². The molecule has 0 N–H and O–H groups in total. The Morgan fingerprint density at radius 1 is 1.00 bits per heavy atom. The van der Waals surface area contributed by atoms with E-state index in [9.17, 15) is 8.42 Å². The molecule has 2 rings (SSSR count). The minimum atomic E-state index is -3.52. The molecule has 0 radical (unpaired) electrons. The molecular weight excluding hydrogens is 290 g/mol. The first-order valence-corrected chi connectivity index (χ1v) is 8.82. The third-order valence-corrected chi connectivity index (χ3v) is 5.70. The van der Waals surface area contributed by atoms with E-state index in [2.05, 4.69) is 0 Å². The number of rotatable bonds is 4. The van der Waals surface area contributed by atoms with Gasteiger partial charge in [-0.2, -0.15) is 0 Å². The Balaban J connectivity index is 2.41. The topological polar surface area (TPSA) is 37.4 Å². The Kier molecular flexibility index (Phi) is 4.40. The molecule has 0 aliphatic rings. The quantitative estimate of drug-likeness (QED) is 0.811. The number of thioether (sulfide) groups is 1. The molecule has 0 bridgehead atoms. The summed E-state index contributed by atoms with van der Waals surface area (Å²) in [5.41, 5.74) is 1.63. The summed E-state index contributed by atoms with van der Waals surface area (Å²) in [7, 11) is -1.93. The van der Waals surface area contributed by atoms with Crippen molar-refractivity contribution in [3.8, 4) is 0 Å². The highest BCUT2D eigenvalue weighted by Gasteiger charge is 2.22. The van der Waals surface area contributed by atoms with Crippen molar-refractivity contribution < 1.29 is 8.42 Å². The summed E-state index contributed by atoms with van der Waals surface area (Å²) in [6.07, 6.45) is 1.96. The summed E-state index contributed by atoms with van der Waals surface area (Å²) in [6.45, 7) is 1.90. The van der Waals surface area contributed by atoms with E-state index in [-0.39, 0.29) is 0 Å². The number of para-hydroxylation sites is 1. The first kappa shape index (κ1) is 14.9. The van der Waals surface area contributed by atoms with E-state index < -0.39 is 10.0 Å². The summed E-state index contributed by atoms with van der Waals surface area (Å²) in [5.74, 6) is 0. The third-order valence-electron chi connectivity index (χ3n) is 3.17. The van der Waals surface area contributed by atoms with Gasteiger partial charge in [-0.1, -0.05) is 18.2 Å². The molecule has 0 aliphatic carbocycles. The zero-order valence-corrected chi connectivity index (χ0v) is 13.3. The van der Waals surface area contributed by atoms with Gasteiger partial charge in [0.1, 0.15) is 0 Å². The Morgan fingerprint density at radius 2 is 1.60 bits per heavy atom. The second-order valence-corrected chi connectivity index (χ2v) is 7.28. The average Bonchev–Trinajstić information content (AvgIpc) is 2.47. The third kappa shape index (κ3) is 2.83. The molecule has 0 amide bonds. The Labute approximate surface area is 124 Å². The summed E-state index contributed by atoms with van der Waals surface area (Å²) >= 11 is 1.59. The standard InChI is InChI=1S/C15H17NO2S2/c1-12-6-4-5-7-15(12)16(2)20(17,18)14-10-8-13(19-3)9-11-14/h4-11H,1-3H3. The van der Waals surface area contributed by atoms with E-state index in [0.717, 1.165) is 10.5 Å². The fourth-order valence-corrected chi connectivity index (χ4v) is 3.62. The van der Waals surface area contributed by atoms with Gasteiger partial charge in [0.05, 0.1) is 10.6 Å². The zero-order chi connectivity index (χ0) is 14.8. The Hall–Kier alpha value is -1.46. The van der Waals surface area contributed by atoms with E-state index in [0.29, 0.717) is 10.6 Å². The SMILES string of the molecule is CSc1ccc(S(=O)(=O)N(C)c2ccccc2C)cc1. The minimum absolute atomic E-state index is 0.307. The van der Waals surface area contributed by atoms with Gasteiger partial charge in [0.15, 0.2) is 0 Å². The van der Waals surface area contributed by atoms with E-state index in [4.69, 9.17) is 0 Å². The highest BCUT2D eigenvalue weighted by atomic mass is 32.2. The van der Waals surface area contributed by atoms with E-state index in [1.54, 1.807) is 30.9 Å². The van der Waals surface area contributed by atoms with Gasteiger partial charge in [0, 0.05) is 11.9 Å². The van der Waals surface area contributed by atoms with Crippen molar-refractivity contribution in [2.45, 2.75) is 16.7 Å². The predicted octanol–water partition coefficient (Wildman–Crippen LogP) is 3.54. The number of nitrogens with zero attached hydrogens (tertiary/aromatic N) is 1. The maximum Gasteiger partial charge on any atom is 0.264 e. The van der Waals surface area contributed by atoms with Gasteiger partial charge >= 0.3 is 0 Å². The zero-order valence-electron chi connectivity index (χ0n) is 11.7. The van der Waals surface area contributed by atoms with Crippen molar-refractivity contribution in [1.29, 1.82) is 0 Å². The van der Waals surface area contributed by atoms with Gasteiger partial charge in [-0.25, -0.2) is 8.42 Å². The number of hydrogen-bond donors (Lipinski definition) is 0. The van der Waals surface area contributed by atoms with Crippen LogP contribution in [0.25, 0.3) is 0 Å². The highest BCUT2D eigenvalue weighted by molar-refractivity contribution is 7.98. The number of hydrogen-bond acceptors (Lipinski definition) is 3. The molecule has 0 aliphatic heterocycles. The first-order valence-electron chi connectivity index (χ1n) is 6.15. The molecule has 2 aromatic rings. The molecule has 2 aromatic carbocycles. The first-order chi connectivity index (χ1) is 9.46. The van der Waals surface area contributed by atoms with Crippen LogP contribution in [0, 0.1) is 6.92 Å². The maximum absolute atomic E-state index is 12.6. The summed E-state index contributed by atoms with van der Waals surface area (Å²) in [4.78, 5) is 1.35. The number of anilines is 1. The number of sulfonamides is 1. The minimum Gasteiger partial charge on any atom is -0.269 e. The highest BCUT2D eigenvalue weighted by Crippen LogP contribution is 2.26. The largest absolute Gasteiger partial charge is 0.269 e. The molecule has 3 nitrogen and oxygen atoms in total. The Morgan fingerprint density at radius 3 is 2.15 bits per heavy atom. The lowest BCUT2D eigenvalue weighted by Gasteiger charge is -2.21. The van der Waals surface area contributed by atoms with Gasteiger partial charge < -0.3 is 0 Å². The molecule has 0 spiro atoms. The normalized spacial score (nSPS) is 11.3. The van der Waals surface area contributed by atoms with Gasteiger partial charge in [-0.3, -0.25) is 4.31 Å². The lowest BCUT2D eigenvalue weighted by atomic mass is 10.2. The maximum atomic E-state index is 12.6. The second-order valence-electron chi connectivity index (χ2n) is 4.43. The smallest absolute Gasteiger partial charge is 0.264 e. The van der Waals surface area contributed by atoms with Crippen molar-refractivity contribution in [3.63, 3.8) is 0 Å². The summed E-state index contributed by atoms with van der Waals surface area (Å²) < 4.78 is 26.5. The van der Waals surface area contributed by atoms with Crippen LogP contribution in [-0.4, -0.2) is 21.7 Å². The molecule has 0 unspecified atom stereocenters. The molecule has 5 heteroatoms. The lowest BCUT2D eigenvalue weighted by molar-refractivity contribution is 0.594. The molecule has 0 fully saturated rings. The van der Waals surface area contributed by atoms with Crippen molar-refractivity contribution in [1.82, 2.24) is 0 Å². The van der Waals surface area contributed by atoms with Gasteiger partial charge in [0.25, 0.3) is 10.0 Å². The van der Waals surface area contributed by atoms with Crippen molar-refractivity contribution in [2.75, 3.05) is 17.6 Å². The molecular formula is C15H17NO2S2. The second kappa shape index (κ2) is 5.89. The van der Waals surface area contributed by atoms with Crippen LogP contribution < -0.4 is 4.31 Å². The molecule has 0 heterocycles. The average molecular weight is 307 g/mol. The van der Waals surface area contributed by atoms with Gasteiger partial charge in [-0.15, -0.1) is 11.8 Å².